The Labute approximate surface area is 124 Å². The smallest absolute Gasteiger partial charge is 0.138 e. The summed E-state index contributed by atoms with van der Waals surface area (Å²) in [6.45, 7) is 3.03. The molecular weight excluding hydrogens is 260 g/mol. The van der Waals surface area contributed by atoms with Gasteiger partial charge in [0.25, 0.3) is 0 Å². The van der Waals surface area contributed by atoms with E-state index in [1.807, 2.05) is 31.6 Å². The summed E-state index contributed by atoms with van der Waals surface area (Å²) in [5, 5.41) is 3.21. The molecule has 1 N–H and O–H groups in total. The molecule has 108 valence electrons. The lowest BCUT2D eigenvalue weighted by molar-refractivity contribution is 0.800. The second-order valence-electron chi connectivity index (χ2n) is 5.21. The highest BCUT2D eigenvalue weighted by molar-refractivity contribution is 5.76. The number of aromatic nitrogens is 3. The number of hydrogen-bond donors (Lipinski definition) is 1. The van der Waals surface area contributed by atoms with Crippen molar-refractivity contribution in [3.05, 3.63) is 54.0 Å². The van der Waals surface area contributed by atoms with Gasteiger partial charge >= 0.3 is 0 Å². The van der Waals surface area contributed by atoms with Crippen LogP contribution in [0.1, 0.15) is 24.6 Å². The summed E-state index contributed by atoms with van der Waals surface area (Å²) >= 11 is 0. The third-order valence-electron chi connectivity index (χ3n) is 3.51. The quantitative estimate of drug-likeness (QED) is 0.781. The van der Waals surface area contributed by atoms with Crippen LogP contribution in [0.4, 0.5) is 0 Å². The standard InChI is InChI=1S/C17H20N4/c1-3-6-14-9-13(11-18-2)10-17(20-14)21-12-19-15-7-4-5-8-16(15)21/h4-5,7-10,12,18H,3,6,11H2,1-2H3. The molecule has 0 bridgehead atoms. The zero-order chi connectivity index (χ0) is 14.7. The monoisotopic (exact) mass is 280 g/mol. The van der Waals surface area contributed by atoms with E-state index in [9.17, 15) is 0 Å². The fourth-order valence-electron chi connectivity index (χ4n) is 2.59. The van der Waals surface area contributed by atoms with E-state index in [0.717, 1.165) is 41.9 Å². The van der Waals surface area contributed by atoms with E-state index < -0.39 is 0 Å². The zero-order valence-electron chi connectivity index (χ0n) is 12.5. The van der Waals surface area contributed by atoms with E-state index in [0.29, 0.717) is 0 Å². The van der Waals surface area contributed by atoms with Crippen LogP contribution in [0.15, 0.2) is 42.7 Å². The predicted molar refractivity (Wildman–Crippen MR) is 85.6 cm³/mol. The number of aryl methyl sites for hydroxylation is 1. The molecule has 21 heavy (non-hydrogen) atoms. The molecule has 0 amide bonds. The molecule has 0 unspecified atom stereocenters. The van der Waals surface area contributed by atoms with Crippen LogP contribution in [0.2, 0.25) is 0 Å². The van der Waals surface area contributed by atoms with Crippen LogP contribution in [0.3, 0.4) is 0 Å². The van der Waals surface area contributed by atoms with E-state index in [1.165, 1.54) is 5.56 Å². The van der Waals surface area contributed by atoms with Gasteiger partial charge in [-0.3, -0.25) is 4.57 Å². The number of pyridine rings is 1. The average Bonchev–Trinajstić information content (AvgIpc) is 2.92. The molecule has 0 spiro atoms. The van der Waals surface area contributed by atoms with Gasteiger partial charge in [-0.05, 0) is 43.3 Å². The molecule has 0 aliphatic carbocycles. The highest BCUT2D eigenvalue weighted by Gasteiger charge is 2.08. The van der Waals surface area contributed by atoms with E-state index >= 15 is 0 Å². The minimum absolute atomic E-state index is 0.846. The Kier molecular flexibility index (Phi) is 3.97. The van der Waals surface area contributed by atoms with Crippen LogP contribution in [-0.4, -0.2) is 21.6 Å². The van der Waals surface area contributed by atoms with Crippen molar-refractivity contribution < 1.29 is 0 Å². The average molecular weight is 280 g/mol. The minimum Gasteiger partial charge on any atom is -0.316 e. The van der Waals surface area contributed by atoms with Crippen molar-refractivity contribution in [3.63, 3.8) is 0 Å². The highest BCUT2D eigenvalue weighted by atomic mass is 15.1. The number of hydrogen-bond acceptors (Lipinski definition) is 3. The molecule has 2 aromatic heterocycles. The normalized spacial score (nSPS) is 11.1. The third kappa shape index (κ3) is 2.81. The molecule has 0 saturated heterocycles. The van der Waals surface area contributed by atoms with Gasteiger partial charge < -0.3 is 5.32 Å². The summed E-state index contributed by atoms with van der Waals surface area (Å²) in [6, 6.07) is 12.5. The summed E-state index contributed by atoms with van der Waals surface area (Å²) in [5.74, 6) is 0.944. The van der Waals surface area contributed by atoms with Crippen molar-refractivity contribution in [1.29, 1.82) is 0 Å². The lowest BCUT2D eigenvalue weighted by Crippen LogP contribution is -2.08. The molecule has 3 rings (SSSR count). The number of nitrogens with zero attached hydrogens (tertiary/aromatic N) is 3. The van der Waals surface area contributed by atoms with Crippen molar-refractivity contribution in [3.8, 4) is 5.82 Å². The fraction of sp³-hybridized carbons (Fsp3) is 0.294. The summed E-state index contributed by atoms with van der Waals surface area (Å²) in [5.41, 5.74) is 4.48. The van der Waals surface area contributed by atoms with Gasteiger partial charge in [-0.1, -0.05) is 25.5 Å². The number of fused-ring (bicyclic) bond motifs is 1. The first-order chi connectivity index (χ1) is 10.3. The first-order valence-corrected chi connectivity index (χ1v) is 7.38. The van der Waals surface area contributed by atoms with Crippen LogP contribution >= 0.6 is 0 Å². The SMILES string of the molecule is CCCc1cc(CNC)cc(-n2cnc3ccccc32)n1. The highest BCUT2D eigenvalue weighted by Crippen LogP contribution is 2.18. The second-order valence-corrected chi connectivity index (χ2v) is 5.21. The molecule has 0 atom stereocenters. The van der Waals surface area contributed by atoms with Crippen LogP contribution in [-0.2, 0) is 13.0 Å². The zero-order valence-corrected chi connectivity index (χ0v) is 12.5. The van der Waals surface area contributed by atoms with Crippen LogP contribution < -0.4 is 5.32 Å². The number of para-hydroxylation sites is 2. The second kappa shape index (κ2) is 6.06. The maximum absolute atomic E-state index is 4.79. The predicted octanol–water partition coefficient (Wildman–Crippen LogP) is 3.09. The van der Waals surface area contributed by atoms with Crippen molar-refractivity contribution >= 4 is 11.0 Å². The Morgan fingerprint density at radius 3 is 2.86 bits per heavy atom. The van der Waals surface area contributed by atoms with Gasteiger partial charge in [-0.15, -0.1) is 0 Å². The first-order valence-electron chi connectivity index (χ1n) is 7.38. The Morgan fingerprint density at radius 1 is 1.19 bits per heavy atom. The van der Waals surface area contributed by atoms with Gasteiger partial charge in [-0.25, -0.2) is 9.97 Å². The van der Waals surface area contributed by atoms with E-state index in [1.54, 1.807) is 0 Å². The summed E-state index contributed by atoms with van der Waals surface area (Å²) in [6.07, 6.45) is 3.95. The van der Waals surface area contributed by atoms with Gasteiger partial charge in [0.1, 0.15) is 12.1 Å². The fourth-order valence-corrected chi connectivity index (χ4v) is 2.59. The molecule has 0 aliphatic heterocycles. The summed E-state index contributed by atoms with van der Waals surface area (Å²) < 4.78 is 2.06. The molecule has 4 heteroatoms. The first kappa shape index (κ1) is 13.8. The Balaban J connectivity index is 2.11. The maximum Gasteiger partial charge on any atom is 0.138 e. The van der Waals surface area contributed by atoms with Crippen molar-refractivity contribution in [1.82, 2.24) is 19.9 Å². The topological polar surface area (TPSA) is 42.7 Å². The molecule has 1 aromatic carbocycles. The summed E-state index contributed by atoms with van der Waals surface area (Å²) in [4.78, 5) is 9.25. The Morgan fingerprint density at radius 2 is 2.05 bits per heavy atom. The number of nitrogens with one attached hydrogen (secondary N) is 1. The number of rotatable bonds is 5. The van der Waals surface area contributed by atoms with E-state index in [-0.39, 0.29) is 0 Å². The van der Waals surface area contributed by atoms with Crippen molar-refractivity contribution in [2.45, 2.75) is 26.3 Å². The molecule has 2 heterocycles. The number of benzene rings is 1. The minimum atomic E-state index is 0.846. The Bertz CT molecular complexity index is 721. The van der Waals surface area contributed by atoms with Gasteiger partial charge in [0, 0.05) is 12.2 Å². The van der Waals surface area contributed by atoms with Crippen molar-refractivity contribution in [2.24, 2.45) is 0 Å². The van der Waals surface area contributed by atoms with Crippen LogP contribution in [0.25, 0.3) is 16.9 Å². The number of imidazole rings is 1. The van der Waals surface area contributed by atoms with Gasteiger partial charge in [0.05, 0.1) is 11.0 Å². The van der Waals surface area contributed by atoms with E-state index in [4.69, 9.17) is 4.98 Å². The molecule has 4 nitrogen and oxygen atoms in total. The molecule has 0 fully saturated rings. The van der Waals surface area contributed by atoms with Gasteiger partial charge in [0.15, 0.2) is 0 Å². The van der Waals surface area contributed by atoms with Crippen LogP contribution in [0, 0.1) is 0 Å². The molecule has 3 aromatic rings. The largest absolute Gasteiger partial charge is 0.316 e. The third-order valence-corrected chi connectivity index (χ3v) is 3.51. The lowest BCUT2D eigenvalue weighted by Gasteiger charge is -2.10. The van der Waals surface area contributed by atoms with Gasteiger partial charge in [-0.2, -0.15) is 0 Å². The lowest BCUT2D eigenvalue weighted by atomic mass is 10.1. The molecule has 0 radical (unpaired) electrons. The Hall–Kier alpha value is -2.20. The van der Waals surface area contributed by atoms with Gasteiger partial charge in [0.2, 0.25) is 0 Å². The maximum atomic E-state index is 4.79. The molecular formula is C17H20N4. The summed E-state index contributed by atoms with van der Waals surface area (Å²) in [7, 11) is 1.96. The van der Waals surface area contributed by atoms with Crippen LogP contribution in [0.5, 0.6) is 0 Å². The van der Waals surface area contributed by atoms with E-state index in [2.05, 4.69) is 40.0 Å². The van der Waals surface area contributed by atoms with Crippen molar-refractivity contribution in [2.75, 3.05) is 7.05 Å². The molecule has 0 saturated carbocycles. The molecule has 0 aliphatic rings.